The number of methoxy groups -OCH3 is 1. The Hall–Kier alpha value is -3.20. The second-order valence-corrected chi connectivity index (χ2v) is 8.80. The average molecular weight is 514 g/mol. The fraction of sp³-hybridized carbons (Fsp3) is 0.333. The Morgan fingerprint density at radius 1 is 1.27 bits per heavy atom. The van der Waals surface area contributed by atoms with Crippen molar-refractivity contribution in [3.8, 4) is 11.5 Å². The van der Waals surface area contributed by atoms with Crippen molar-refractivity contribution in [2.24, 2.45) is 5.10 Å². The maximum atomic E-state index is 13.4. The number of ether oxygens (including phenoxy) is 2. The molecule has 8 nitrogen and oxygen atoms in total. The van der Waals surface area contributed by atoms with E-state index in [-0.39, 0.29) is 17.2 Å². The quantitative estimate of drug-likeness (QED) is 0.464. The summed E-state index contributed by atoms with van der Waals surface area (Å²) in [7, 11) is 1.47. The number of rotatable bonds is 7. The van der Waals surface area contributed by atoms with Gasteiger partial charge in [-0.3, -0.25) is 4.79 Å². The van der Waals surface area contributed by atoms with Crippen molar-refractivity contribution >= 4 is 39.0 Å². The molecular weight excluding hydrogens is 490 g/mol. The van der Waals surface area contributed by atoms with Crippen LogP contribution in [-0.2, 0) is 4.79 Å². The molecule has 0 amide bonds. The highest BCUT2D eigenvalue weighted by Gasteiger charge is 2.22. The number of carbonyl (C=O) groups is 1. The van der Waals surface area contributed by atoms with Crippen molar-refractivity contribution in [2.75, 3.05) is 13.7 Å². The molecule has 1 aromatic heterocycles. The second kappa shape index (κ2) is 10.2. The second-order valence-electron chi connectivity index (χ2n) is 7.89. The van der Waals surface area contributed by atoms with Crippen LogP contribution >= 0.6 is 15.9 Å². The molecule has 1 saturated carbocycles. The molecule has 0 aliphatic heterocycles. The molecule has 0 atom stereocenters. The topological polar surface area (TPSA) is 103 Å². The van der Waals surface area contributed by atoms with E-state index in [4.69, 9.17) is 19.6 Å². The molecule has 1 fully saturated rings. The van der Waals surface area contributed by atoms with E-state index in [0.717, 1.165) is 30.2 Å². The normalized spacial score (nSPS) is 14.6. The minimum absolute atomic E-state index is 0.143. The molecule has 0 unspecified atom stereocenters. The van der Waals surface area contributed by atoms with E-state index in [1.807, 2.05) is 12.1 Å². The van der Waals surface area contributed by atoms with Gasteiger partial charge >= 0.3 is 5.97 Å². The molecule has 0 saturated heterocycles. The van der Waals surface area contributed by atoms with Crippen LogP contribution in [0.1, 0.15) is 49.4 Å². The van der Waals surface area contributed by atoms with Crippen LogP contribution in [0, 0.1) is 0 Å². The van der Waals surface area contributed by atoms with Gasteiger partial charge in [-0.25, -0.2) is 9.78 Å². The van der Waals surface area contributed by atoms with Gasteiger partial charge in [-0.1, -0.05) is 41.3 Å². The number of halogens is 1. The van der Waals surface area contributed by atoms with Gasteiger partial charge in [-0.15, -0.1) is 0 Å². The van der Waals surface area contributed by atoms with Crippen LogP contribution in [0.15, 0.2) is 50.8 Å². The predicted octanol–water partition coefficient (Wildman–Crippen LogP) is 4.56. The Morgan fingerprint density at radius 2 is 2.06 bits per heavy atom. The molecule has 0 bridgehead atoms. The molecule has 0 radical (unpaired) electrons. The molecule has 172 valence electrons. The van der Waals surface area contributed by atoms with E-state index in [2.05, 4.69) is 21.0 Å². The number of benzene rings is 2. The minimum Gasteiger partial charge on any atom is -0.493 e. The van der Waals surface area contributed by atoms with E-state index in [0.29, 0.717) is 28.0 Å². The summed E-state index contributed by atoms with van der Waals surface area (Å²) >= 11 is 3.42. The maximum Gasteiger partial charge on any atom is 0.341 e. The molecule has 33 heavy (non-hydrogen) atoms. The average Bonchev–Trinajstić information content (AvgIpc) is 2.83. The van der Waals surface area contributed by atoms with Gasteiger partial charge in [0.15, 0.2) is 18.1 Å². The molecule has 4 rings (SSSR count). The Bertz CT molecular complexity index is 1260. The predicted molar refractivity (Wildman–Crippen MR) is 129 cm³/mol. The highest BCUT2D eigenvalue weighted by atomic mass is 79.9. The fourth-order valence-corrected chi connectivity index (χ4v) is 4.47. The van der Waals surface area contributed by atoms with Crippen LogP contribution in [0.3, 0.4) is 0 Å². The lowest BCUT2D eigenvalue weighted by molar-refractivity contribution is -0.139. The number of fused-ring (bicyclic) bond motifs is 1. The molecule has 2 aromatic carbocycles. The first-order chi connectivity index (χ1) is 16.0. The monoisotopic (exact) mass is 513 g/mol. The zero-order valence-electron chi connectivity index (χ0n) is 18.2. The van der Waals surface area contributed by atoms with E-state index in [9.17, 15) is 9.59 Å². The first kappa shape index (κ1) is 23.0. The Labute approximate surface area is 199 Å². The molecule has 1 N–H and O–H groups in total. The van der Waals surface area contributed by atoms with Gasteiger partial charge in [0.25, 0.3) is 5.56 Å². The third kappa shape index (κ3) is 5.08. The zero-order chi connectivity index (χ0) is 23.4. The molecule has 9 heteroatoms. The highest BCUT2D eigenvalue weighted by Crippen LogP contribution is 2.33. The zero-order valence-corrected chi connectivity index (χ0v) is 19.7. The summed E-state index contributed by atoms with van der Waals surface area (Å²) < 4.78 is 12.9. The smallest absolute Gasteiger partial charge is 0.341 e. The Balaban J connectivity index is 1.83. The van der Waals surface area contributed by atoms with Crippen LogP contribution in [-0.4, -0.2) is 40.7 Å². The number of aromatic nitrogens is 2. The van der Waals surface area contributed by atoms with Crippen LogP contribution in [0.4, 0.5) is 0 Å². The van der Waals surface area contributed by atoms with Gasteiger partial charge in [0.05, 0.1) is 24.2 Å². The third-order valence-electron chi connectivity index (χ3n) is 5.69. The van der Waals surface area contributed by atoms with Gasteiger partial charge in [0, 0.05) is 16.0 Å². The standard InChI is InChI=1S/C24H24BrN3O5/c1-32-20-9-5-8-16(22(20)33-14-21(29)30)13-26-28-23(15-6-3-2-4-7-15)27-19-11-10-17(25)12-18(19)24(28)31/h5,8-13,15H,2-4,6-7,14H2,1H3,(H,29,30). The summed E-state index contributed by atoms with van der Waals surface area (Å²) in [6.45, 7) is -0.528. The van der Waals surface area contributed by atoms with Crippen molar-refractivity contribution in [1.82, 2.24) is 9.66 Å². The largest absolute Gasteiger partial charge is 0.493 e. The molecule has 0 spiro atoms. The van der Waals surface area contributed by atoms with E-state index in [1.165, 1.54) is 24.4 Å². The van der Waals surface area contributed by atoms with Crippen LogP contribution in [0.5, 0.6) is 11.5 Å². The first-order valence-corrected chi connectivity index (χ1v) is 11.6. The maximum absolute atomic E-state index is 13.4. The van der Waals surface area contributed by atoms with Crippen molar-refractivity contribution < 1.29 is 19.4 Å². The lowest BCUT2D eigenvalue weighted by Gasteiger charge is -2.22. The lowest BCUT2D eigenvalue weighted by atomic mass is 9.88. The SMILES string of the molecule is COc1cccc(C=Nn2c(C3CCCCC3)nc3ccc(Br)cc3c2=O)c1OCC(=O)O. The summed E-state index contributed by atoms with van der Waals surface area (Å²) in [6, 6.07) is 10.6. The number of carboxylic acid groups (broad SMARTS) is 1. The van der Waals surface area contributed by atoms with Crippen LogP contribution in [0.25, 0.3) is 10.9 Å². The lowest BCUT2D eigenvalue weighted by Crippen LogP contribution is -2.25. The van der Waals surface area contributed by atoms with Crippen LogP contribution < -0.4 is 15.0 Å². The number of aliphatic carboxylic acids is 1. The molecule has 3 aromatic rings. The first-order valence-electron chi connectivity index (χ1n) is 10.8. The molecule has 1 aliphatic rings. The van der Waals surface area contributed by atoms with Gasteiger partial charge in [-0.2, -0.15) is 9.78 Å². The summed E-state index contributed by atoms with van der Waals surface area (Å²) in [5.41, 5.74) is 0.877. The van der Waals surface area contributed by atoms with Crippen LogP contribution in [0.2, 0.25) is 0 Å². The van der Waals surface area contributed by atoms with E-state index in [1.54, 1.807) is 24.3 Å². The van der Waals surface area contributed by atoms with Crippen molar-refractivity contribution in [3.05, 3.63) is 62.6 Å². The minimum atomic E-state index is -1.11. The van der Waals surface area contributed by atoms with Crippen molar-refractivity contribution in [2.45, 2.75) is 38.0 Å². The fourth-order valence-electron chi connectivity index (χ4n) is 4.11. The summed E-state index contributed by atoms with van der Waals surface area (Å²) in [4.78, 5) is 29.3. The van der Waals surface area contributed by atoms with E-state index >= 15 is 0 Å². The summed E-state index contributed by atoms with van der Waals surface area (Å²) in [5.74, 6) is 0.297. The third-order valence-corrected chi connectivity index (χ3v) is 6.18. The van der Waals surface area contributed by atoms with Crippen molar-refractivity contribution in [3.63, 3.8) is 0 Å². The number of para-hydroxylation sites is 1. The molecule has 1 heterocycles. The molecule has 1 aliphatic carbocycles. The summed E-state index contributed by atoms with van der Waals surface area (Å²) in [5, 5.41) is 14.0. The Kier molecular flexibility index (Phi) is 7.08. The number of carboxylic acids is 1. The van der Waals surface area contributed by atoms with Gasteiger partial charge < -0.3 is 14.6 Å². The number of nitrogens with zero attached hydrogens (tertiary/aromatic N) is 3. The summed E-state index contributed by atoms with van der Waals surface area (Å²) in [6.07, 6.45) is 6.75. The van der Waals surface area contributed by atoms with Gasteiger partial charge in [0.2, 0.25) is 0 Å². The van der Waals surface area contributed by atoms with Gasteiger partial charge in [0.1, 0.15) is 5.82 Å². The van der Waals surface area contributed by atoms with Crippen molar-refractivity contribution in [1.29, 1.82) is 0 Å². The molecular formula is C24H24BrN3O5. The highest BCUT2D eigenvalue weighted by molar-refractivity contribution is 9.10. The van der Waals surface area contributed by atoms with Gasteiger partial charge in [-0.05, 0) is 43.2 Å². The number of hydrogen-bond acceptors (Lipinski definition) is 6. The van der Waals surface area contributed by atoms with E-state index < -0.39 is 12.6 Å². The Morgan fingerprint density at radius 3 is 2.79 bits per heavy atom. The number of hydrogen-bond donors (Lipinski definition) is 1.